The number of fused-ring (bicyclic) bond motifs is 1. The summed E-state index contributed by atoms with van der Waals surface area (Å²) in [7, 11) is -3.72. The molecule has 3 aromatic heterocycles. The number of nitrogens with zero attached hydrogens (tertiary/aromatic N) is 5. The van der Waals surface area contributed by atoms with Crippen molar-refractivity contribution < 1.29 is 21.6 Å². The van der Waals surface area contributed by atoms with E-state index in [1.165, 1.54) is 28.8 Å². The monoisotopic (exact) mass is 439 g/mol. The van der Waals surface area contributed by atoms with Crippen LogP contribution in [-0.2, 0) is 16.2 Å². The maximum atomic E-state index is 13.6. The first kappa shape index (κ1) is 20.7. The molecule has 3 aromatic rings. The largest absolute Gasteiger partial charge is 0.433 e. The van der Waals surface area contributed by atoms with Crippen LogP contribution in [0.1, 0.15) is 49.2 Å². The molecule has 30 heavy (non-hydrogen) atoms. The number of sulfonamides is 1. The van der Waals surface area contributed by atoms with Gasteiger partial charge in [0.2, 0.25) is 10.0 Å². The fraction of sp³-hybridized carbons (Fsp3) is 0.421. The van der Waals surface area contributed by atoms with Crippen molar-refractivity contribution in [1.29, 1.82) is 0 Å². The minimum atomic E-state index is -4.58. The average molecular weight is 439 g/mol. The van der Waals surface area contributed by atoms with Crippen LogP contribution in [0.2, 0.25) is 0 Å². The van der Waals surface area contributed by atoms with Crippen LogP contribution < -0.4 is 0 Å². The molecule has 0 aromatic carbocycles. The number of pyridine rings is 1. The second kappa shape index (κ2) is 7.31. The minimum Gasteiger partial charge on any atom is -0.263 e. The van der Waals surface area contributed by atoms with Gasteiger partial charge in [0.15, 0.2) is 5.65 Å². The molecule has 7 nitrogen and oxygen atoms in total. The van der Waals surface area contributed by atoms with Crippen LogP contribution >= 0.6 is 0 Å². The first-order chi connectivity index (χ1) is 14.1. The van der Waals surface area contributed by atoms with Gasteiger partial charge >= 0.3 is 6.18 Å². The molecule has 0 spiro atoms. The Hall–Kier alpha value is -2.53. The third-order valence-electron chi connectivity index (χ3n) is 5.19. The van der Waals surface area contributed by atoms with Crippen LogP contribution in [-0.4, -0.2) is 45.4 Å². The third kappa shape index (κ3) is 3.67. The highest BCUT2D eigenvalue weighted by Crippen LogP contribution is 2.34. The molecule has 1 unspecified atom stereocenters. The summed E-state index contributed by atoms with van der Waals surface area (Å²) in [5.74, 6) is -0.497. The van der Waals surface area contributed by atoms with Crippen LogP contribution in [0, 0.1) is 0 Å². The van der Waals surface area contributed by atoms with Crippen molar-refractivity contribution in [3.8, 4) is 0 Å². The van der Waals surface area contributed by atoms with E-state index >= 15 is 0 Å². The Morgan fingerprint density at radius 2 is 2.00 bits per heavy atom. The molecule has 1 atom stereocenters. The van der Waals surface area contributed by atoms with Crippen molar-refractivity contribution in [3.63, 3.8) is 0 Å². The summed E-state index contributed by atoms with van der Waals surface area (Å²) < 4.78 is 68.4. The van der Waals surface area contributed by atoms with Gasteiger partial charge in [0.1, 0.15) is 10.6 Å². The van der Waals surface area contributed by atoms with E-state index in [9.17, 15) is 21.6 Å². The zero-order valence-electron chi connectivity index (χ0n) is 16.3. The SMILES string of the molecule is CC(C)c1cc(C(F)(F)F)n2nc(C3CCN(S(=O)(=O)c4cccnc4)C3)cc2n1. The molecular weight excluding hydrogens is 419 g/mol. The van der Waals surface area contributed by atoms with Gasteiger partial charge in [0.05, 0.1) is 5.69 Å². The molecule has 0 amide bonds. The van der Waals surface area contributed by atoms with E-state index in [1.54, 1.807) is 19.9 Å². The van der Waals surface area contributed by atoms with Crippen molar-refractivity contribution in [2.24, 2.45) is 0 Å². The Bertz CT molecular complexity index is 1180. The smallest absolute Gasteiger partial charge is 0.263 e. The van der Waals surface area contributed by atoms with E-state index in [0.29, 0.717) is 17.8 Å². The lowest BCUT2D eigenvalue weighted by molar-refractivity contribution is -0.142. The van der Waals surface area contributed by atoms with Gasteiger partial charge in [-0.05, 0) is 30.5 Å². The van der Waals surface area contributed by atoms with Gasteiger partial charge in [-0.15, -0.1) is 0 Å². The van der Waals surface area contributed by atoms with Gasteiger partial charge in [0.25, 0.3) is 0 Å². The van der Waals surface area contributed by atoms with Crippen LogP contribution in [0.3, 0.4) is 0 Å². The molecule has 4 heterocycles. The van der Waals surface area contributed by atoms with Crippen LogP contribution in [0.4, 0.5) is 13.2 Å². The fourth-order valence-electron chi connectivity index (χ4n) is 3.55. The van der Waals surface area contributed by atoms with Crippen molar-refractivity contribution in [1.82, 2.24) is 23.9 Å². The molecule has 0 aliphatic carbocycles. The first-order valence-corrected chi connectivity index (χ1v) is 10.9. The van der Waals surface area contributed by atoms with E-state index in [2.05, 4.69) is 15.1 Å². The second-order valence-corrected chi connectivity index (χ2v) is 9.53. The molecule has 1 aliphatic rings. The maximum absolute atomic E-state index is 13.6. The molecule has 1 fully saturated rings. The van der Waals surface area contributed by atoms with E-state index < -0.39 is 21.9 Å². The Kier molecular flexibility index (Phi) is 5.05. The van der Waals surface area contributed by atoms with Gasteiger partial charge in [-0.1, -0.05) is 13.8 Å². The number of halogens is 3. The molecule has 0 bridgehead atoms. The lowest BCUT2D eigenvalue weighted by Crippen LogP contribution is -2.28. The normalized spacial score (nSPS) is 18.5. The Labute approximate surface area is 171 Å². The van der Waals surface area contributed by atoms with Crippen LogP contribution in [0.15, 0.2) is 41.6 Å². The molecule has 0 saturated carbocycles. The third-order valence-corrected chi connectivity index (χ3v) is 7.04. The van der Waals surface area contributed by atoms with Crippen molar-refractivity contribution in [2.75, 3.05) is 13.1 Å². The molecule has 1 saturated heterocycles. The van der Waals surface area contributed by atoms with E-state index in [-0.39, 0.29) is 35.5 Å². The predicted octanol–water partition coefficient (Wildman–Crippen LogP) is 3.44. The summed E-state index contributed by atoms with van der Waals surface area (Å²) in [6.45, 7) is 3.94. The summed E-state index contributed by atoms with van der Waals surface area (Å²) in [4.78, 5) is 8.25. The minimum absolute atomic E-state index is 0.0863. The quantitative estimate of drug-likeness (QED) is 0.622. The van der Waals surface area contributed by atoms with Crippen LogP contribution in [0.5, 0.6) is 0 Å². The number of hydrogen-bond acceptors (Lipinski definition) is 5. The molecule has 0 N–H and O–H groups in total. The van der Waals surface area contributed by atoms with Gasteiger partial charge in [-0.25, -0.2) is 17.9 Å². The van der Waals surface area contributed by atoms with Crippen molar-refractivity contribution in [3.05, 3.63) is 53.7 Å². The zero-order chi connectivity index (χ0) is 21.7. The second-order valence-electron chi connectivity index (χ2n) is 7.60. The highest BCUT2D eigenvalue weighted by molar-refractivity contribution is 7.89. The highest BCUT2D eigenvalue weighted by Gasteiger charge is 2.37. The summed E-state index contributed by atoms with van der Waals surface area (Å²) in [5.41, 5.74) is -0.0522. The predicted molar refractivity (Wildman–Crippen MR) is 102 cm³/mol. The van der Waals surface area contributed by atoms with Gasteiger partial charge < -0.3 is 0 Å². The lowest BCUT2D eigenvalue weighted by atomic mass is 10.1. The van der Waals surface area contributed by atoms with E-state index in [4.69, 9.17) is 0 Å². The number of alkyl halides is 3. The van der Waals surface area contributed by atoms with Gasteiger partial charge in [0, 0.05) is 43.2 Å². The Balaban J connectivity index is 1.68. The summed E-state index contributed by atoms with van der Waals surface area (Å²) in [6.07, 6.45) is -1.36. The maximum Gasteiger partial charge on any atom is 0.433 e. The number of aromatic nitrogens is 4. The molecule has 4 rings (SSSR count). The van der Waals surface area contributed by atoms with Gasteiger partial charge in [-0.2, -0.15) is 22.6 Å². The highest BCUT2D eigenvalue weighted by atomic mass is 32.2. The van der Waals surface area contributed by atoms with Gasteiger partial charge in [-0.3, -0.25) is 4.98 Å². The van der Waals surface area contributed by atoms with Crippen molar-refractivity contribution >= 4 is 15.7 Å². The molecule has 0 radical (unpaired) electrons. The standard InChI is InChI=1S/C19H20F3N5O2S/c1-12(2)15-8-17(19(20,21)22)27-18(24-15)9-16(25-27)13-5-7-26(11-13)30(28,29)14-4-3-6-23-10-14/h3-4,6,8-10,12-13H,5,7,11H2,1-2H3. The topological polar surface area (TPSA) is 80.5 Å². The fourth-order valence-corrected chi connectivity index (χ4v) is 5.01. The Morgan fingerprint density at radius 3 is 2.63 bits per heavy atom. The lowest BCUT2D eigenvalue weighted by Gasteiger charge is -2.15. The summed E-state index contributed by atoms with van der Waals surface area (Å²) in [5, 5.41) is 4.15. The zero-order valence-corrected chi connectivity index (χ0v) is 17.2. The van der Waals surface area contributed by atoms with E-state index in [0.717, 1.165) is 10.6 Å². The Morgan fingerprint density at radius 1 is 1.23 bits per heavy atom. The average Bonchev–Trinajstić information content (AvgIpc) is 3.34. The summed E-state index contributed by atoms with van der Waals surface area (Å²) in [6, 6.07) is 5.54. The van der Waals surface area contributed by atoms with Crippen molar-refractivity contribution in [2.45, 2.75) is 43.2 Å². The molecular formula is C19H20F3N5O2S. The van der Waals surface area contributed by atoms with E-state index in [1.807, 2.05) is 0 Å². The first-order valence-electron chi connectivity index (χ1n) is 9.45. The number of hydrogen-bond donors (Lipinski definition) is 0. The molecule has 160 valence electrons. The molecule has 1 aliphatic heterocycles. The summed E-state index contributed by atoms with van der Waals surface area (Å²) >= 11 is 0. The molecule has 11 heteroatoms. The van der Waals surface area contributed by atoms with Crippen LogP contribution in [0.25, 0.3) is 5.65 Å². The number of rotatable bonds is 4.